The third-order valence-electron chi connectivity index (χ3n) is 4.08. The fourth-order valence-electron chi connectivity index (χ4n) is 2.80. The number of rotatable bonds is 9. The largest absolute Gasteiger partial charge is 0.310 e. The molecule has 1 aromatic heterocycles. The summed E-state index contributed by atoms with van der Waals surface area (Å²) in [5.41, 5.74) is 3.40. The minimum atomic E-state index is 0.413. The van der Waals surface area contributed by atoms with Crippen LogP contribution in [0.3, 0.4) is 0 Å². The van der Waals surface area contributed by atoms with Gasteiger partial charge in [-0.15, -0.1) is 0 Å². The van der Waals surface area contributed by atoms with E-state index in [0.29, 0.717) is 6.04 Å². The molecule has 0 saturated carbocycles. The number of aromatic nitrogens is 2. The Morgan fingerprint density at radius 3 is 2.50 bits per heavy atom. The van der Waals surface area contributed by atoms with Gasteiger partial charge in [-0.1, -0.05) is 46.5 Å². The molecule has 20 heavy (non-hydrogen) atoms. The first-order chi connectivity index (χ1) is 9.62. The van der Waals surface area contributed by atoms with Crippen molar-refractivity contribution in [3.8, 4) is 0 Å². The fraction of sp³-hybridized carbons (Fsp3) is 0.765. The van der Waals surface area contributed by atoms with E-state index >= 15 is 0 Å². The summed E-state index contributed by atoms with van der Waals surface area (Å²) in [6.07, 6.45) is 6.43. The molecule has 0 aromatic carbocycles. The van der Waals surface area contributed by atoms with Crippen LogP contribution < -0.4 is 5.32 Å². The van der Waals surface area contributed by atoms with E-state index in [1.807, 2.05) is 6.92 Å². The molecule has 2 atom stereocenters. The Bertz CT molecular complexity index is 390. The molecule has 0 spiro atoms. The van der Waals surface area contributed by atoms with Gasteiger partial charge >= 0.3 is 0 Å². The molecule has 114 valence electrons. The third-order valence-corrected chi connectivity index (χ3v) is 4.08. The van der Waals surface area contributed by atoms with E-state index in [0.717, 1.165) is 23.9 Å². The second kappa shape index (κ2) is 9.06. The van der Waals surface area contributed by atoms with Gasteiger partial charge in [0.15, 0.2) is 0 Å². The van der Waals surface area contributed by atoms with Crippen LogP contribution >= 0.6 is 0 Å². The van der Waals surface area contributed by atoms with Crippen molar-refractivity contribution < 1.29 is 0 Å². The quantitative estimate of drug-likeness (QED) is 0.729. The maximum atomic E-state index is 4.29. The predicted octanol–water partition coefficient (Wildman–Crippen LogP) is 4.35. The van der Waals surface area contributed by atoms with Crippen molar-refractivity contribution in [2.45, 2.75) is 72.8 Å². The van der Waals surface area contributed by atoms with Crippen molar-refractivity contribution >= 4 is 0 Å². The van der Waals surface area contributed by atoms with Gasteiger partial charge in [0.05, 0.1) is 11.4 Å². The minimum Gasteiger partial charge on any atom is -0.310 e. The molecular formula is C17H31N3. The van der Waals surface area contributed by atoms with Crippen molar-refractivity contribution in [1.29, 1.82) is 0 Å². The molecular weight excluding hydrogens is 246 g/mol. The van der Waals surface area contributed by atoms with Crippen LogP contribution in [0.5, 0.6) is 0 Å². The van der Waals surface area contributed by atoms with Crippen molar-refractivity contribution in [1.82, 2.24) is 15.5 Å². The first kappa shape index (κ1) is 17.1. The monoisotopic (exact) mass is 277 g/mol. The van der Waals surface area contributed by atoms with Crippen molar-refractivity contribution in [2.24, 2.45) is 5.92 Å². The third kappa shape index (κ3) is 5.20. The highest BCUT2D eigenvalue weighted by atomic mass is 15.1. The number of unbranched alkanes of at least 4 members (excludes halogenated alkanes) is 1. The van der Waals surface area contributed by atoms with Crippen LogP contribution in [0.2, 0.25) is 0 Å². The lowest BCUT2D eigenvalue weighted by atomic mass is 9.88. The standard InChI is InChI=1S/C17H31N3/c1-6-9-10-15(7-2)12-17(18-8-3)16-11-13(4)19-20-14(16)5/h11,15,17-18H,6-10,12H2,1-5H3. The van der Waals surface area contributed by atoms with Crippen molar-refractivity contribution in [3.05, 3.63) is 23.0 Å². The molecule has 0 amide bonds. The molecule has 1 N–H and O–H groups in total. The van der Waals surface area contributed by atoms with Crippen molar-refractivity contribution in [3.63, 3.8) is 0 Å². The van der Waals surface area contributed by atoms with E-state index < -0.39 is 0 Å². The van der Waals surface area contributed by atoms with Gasteiger partial charge in [-0.2, -0.15) is 10.2 Å². The SMILES string of the molecule is CCCCC(CC)CC(NCC)c1cc(C)nnc1C. The normalized spacial score (nSPS) is 14.2. The first-order valence-corrected chi connectivity index (χ1v) is 8.16. The van der Waals surface area contributed by atoms with Gasteiger partial charge < -0.3 is 5.32 Å². The Hall–Kier alpha value is -0.960. The van der Waals surface area contributed by atoms with Crippen LogP contribution in [-0.2, 0) is 0 Å². The van der Waals surface area contributed by atoms with Gasteiger partial charge in [0.25, 0.3) is 0 Å². The molecule has 3 heteroatoms. The van der Waals surface area contributed by atoms with Crippen molar-refractivity contribution in [2.75, 3.05) is 6.54 Å². The molecule has 0 bridgehead atoms. The minimum absolute atomic E-state index is 0.413. The number of hydrogen-bond acceptors (Lipinski definition) is 3. The van der Waals surface area contributed by atoms with E-state index in [2.05, 4.69) is 49.3 Å². The van der Waals surface area contributed by atoms with Crippen LogP contribution in [0.15, 0.2) is 6.07 Å². The smallest absolute Gasteiger partial charge is 0.0648 e. The highest BCUT2D eigenvalue weighted by molar-refractivity contribution is 5.23. The van der Waals surface area contributed by atoms with E-state index in [1.54, 1.807) is 0 Å². The maximum absolute atomic E-state index is 4.29. The number of nitrogens with one attached hydrogen (secondary N) is 1. The lowest BCUT2D eigenvalue weighted by Gasteiger charge is -2.25. The summed E-state index contributed by atoms with van der Waals surface area (Å²) in [5, 5.41) is 12.1. The lowest BCUT2D eigenvalue weighted by Crippen LogP contribution is -2.25. The Labute approximate surface area is 124 Å². The maximum Gasteiger partial charge on any atom is 0.0648 e. The van der Waals surface area contributed by atoms with Crippen LogP contribution in [0, 0.1) is 19.8 Å². The average molecular weight is 277 g/mol. The van der Waals surface area contributed by atoms with E-state index in [1.165, 1.54) is 37.7 Å². The van der Waals surface area contributed by atoms with Crippen LogP contribution in [0.4, 0.5) is 0 Å². The summed E-state index contributed by atoms with van der Waals surface area (Å²) >= 11 is 0. The summed E-state index contributed by atoms with van der Waals surface area (Å²) in [6, 6.07) is 2.61. The summed E-state index contributed by atoms with van der Waals surface area (Å²) in [5.74, 6) is 0.798. The Kier molecular flexibility index (Phi) is 7.75. The van der Waals surface area contributed by atoms with Gasteiger partial charge in [0, 0.05) is 6.04 Å². The van der Waals surface area contributed by atoms with Gasteiger partial charge in [-0.3, -0.25) is 0 Å². The molecule has 0 radical (unpaired) electrons. The molecule has 0 aliphatic rings. The van der Waals surface area contributed by atoms with Crippen LogP contribution in [-0.4, -0.2) is 16.7 Å². The highest BCUT2D eigenvalue weighted by Gasteiger charge is 2.18. The second-order valence-electron chi connectivity index (χ2n) is 5.79. The zero-order valence-corrected chi connectivity index (χ0v) is 13.9. The molecule has 1 rings (SSSR count). The topological polar surface area (TPSA) is 37.8 Å². The summed E-state index contributed by atoms with van der Waals surface area (Å²) in [6.45, 7) is 11.8. The molecule has 0 saturated heterocycles. The van der Waals surface area contributed by atoms with E-state index in [4.69, 9.17) is 0 Å². The Morgan fingerprint density at radius 1 is 1.15 bits per heavy atom. The molecule has 0 aliphatic heterocycles. The predicted molar refractivity (Wildman–Crippen MR) is 85.8 cm³/mol. The number of nitrogens with zero attached hydrogens (tertiary/aromatic N) is 2. The Balaban J connectivity index is 2.84. The van der Waals surface area contributed by atoms with Gasteiger partial charge in [0.2, 0.25) is 0 Å². The van der Waals surface area contributed by atoms with Gasteiger partial charge in [-0.05, 0) is 44.4 Å². The number of aryl methyl sites for hydroxylation is 2. The second-order valence-corrected chi connectivity index (χ2v) is 5.79. The van der Waals surface area contributed by atoms with E-state index in [-0.39, 0.29) is 0 Å². The van der Waals surface area contributed by atoms with Crippen LogP contribution in [0.25, 0.3) is 0 Å². The molecule has 0 fully saturated rings. The Morgan fingerprint density at radius 2 is 1.90 bits per heavy atom. The van der Waals surface area contributed by atoms with Gasteiger partial charge in [-0.25, -0.2) is 0 Å². The zero-order valence-electron chi connectivity index (χ0n) is 13.9. The fourth-order valence-corrected chi connectivity index (χ4v) is 2.80. The van der Waals surface area contributed by atoms with Crippen LogP contribution in [0.1, 0.15) is 75.9 Å². The highest BCUT2D eigenvalue weighted by Crippen LogP contribution is 2.28. The average Bonchev–Trinajstić information content (AvgIpc) is 2.45. The first-order valence-electron chi connectivity index (χ1n) is 8.16. The molecule has 3 nitrogen and oxygen atoms in total. The summed E-state index contributed by atoms with van der Waals surface area (Å²) < 4.78 is 0. The summed E-state index contributed by atoms with van der Waals surface area (Å²) in [7, 11) is 0. The molecule has 1 heterocycles. The van der Waals surface area contributed by atoms with Gasteiger partial charge in [0.1, 0.15) is 0 Å². The number of hydrogen-bond donors (Lipinski definition) is 1. The molecule has 1 aromatic rings. The molecule has 0 aliphatic carbocycles. The summed E-state index contributed by atoms with van der Waals surface area (Å²) in [4.78, 5) is 0. The van der Waals surface area contributed by atoms with E-state index in [9.17, 15) is 0 Å². The lowest BCUT2D eigenvalue weighted by molar-refractivity contribution is 0.355. The molecule has 2 unspecified atom stereocenters. The zero-order chi connectivity index (χ0) is 15.0.